The molecule has 5 heteroatoms. The van der Waals surface area contributed by atoms with Crippen molar-refractivity contribution in [2.75, 3.05) is 26.3 Å². The summed E-state index contributed by atoms with van der Waals surface area (Å²) in [7, 11) is 0. The summed E-state index contributed by atoms with van der Waals surface area (Å²) in [4.78, 5) is 13.8. The highest BCUT2D eigenvalue weighted by molar-refractivity contribution is 5.68. The van der Waals surface area contributed by atoms with Crippen molar-refractivity contribution in [3.05, 3.63) is 35.9 Å². The molecule has 2 atom stereocenters. The smallest absolute Gasteiger partial charge is 0.410 e. The van der Waals surface area contributed by atoms with Crippen molar-refractivity contribution >= 4 is 6.09 Å². The zero-order chi connectivity index (χ0) is 15.1. The Bertz CT molecular complexity index is 423. The Morgan fingerprint density at radius 2 is 1.67 bits per heavy atom. The monoisotopic (exact) mass is 293 g/mol. The number of rotatable bonds is 6. The molecule has 0 radical (unpaired) electrons. The molecule has 0 bridgehead atoms. The first-order valence-corrected chi connectivity index (χ1v) is 7.42. The van der Waals surface area contributed by atoms with Gasteiger partial charge in [0.25, 0.3) is 0 Å². The highest BCUT2D eigenvalue weighted by atomic mass is 16.6. The lowest BCUT2D eigenvalue weighted by molar-refractivity contribution is 0.102. The Hall–Kier alpha value is -1.59. The van der Waals surface area contributed by atoms with Crippen LogP contribution < -0.4 is 0 Å². The van der Waals surface area contributed by atoms with E-state index in [1.54, 1.807) is 4.90 Å². The van der Waals surface area contributed by atoms with E-state index >= 15 is 0 Å². The lowest BCUT2D eigenvalue weighted by Gasteiger charge is -2.16. The zero-order valence-electron chi connectivity index (χ0n) is 12.1. The number of aliphatic hydroxyl groups is 2. The molecule has 0 aliphatic carbocycles. The zero-order valence-corrected chi connectivity index (χ0v) is 12.1. The van der Waals surface area contributed by atoms with Gasteiger partial charge in [-0.2, -0.15) is 0 Å². The van der Waals surface area contributed by atoms with E-state index in [4.69, 9.17) is 14.9 Å². The molecule has 21 heavy (non-hydrogen) atoms. The molecule has 116 valence electrons. The maximum absolute atomic E-state index is 12.1. The highest BCUT2D eigenvalue weighted by Crippen LogP contribution is 2.29. The van der Waals surface area contributed by atoms with Crippen molar-refractivity contribution in [1.29, 1.82) is 0 Å². The largest absolute Gasteiger partial charge is 0.445 e. The van der Waals surface area contributed by atoms with Crippen LogP contribution in [0.5, 0.6) is 0 Å². The number of amides is 1. The molecule has 1 fully saturated rings. The fourth-order valence-electron chi connectivity index (χ4n) is 2.88. The summed E-state index contributed by atoms with van der Waals surface area (Å²) in [5, 5.41) is 18.2. The second-order valence-electron chi connectivity index (χ2n) is 5.49. The van der Waals surface area contributed by atoms with Gasteiger partial charge < -0.3 is 19.8 Å². The second-order valence-corrected chi connectivity index (χ2v) is 5.49. The van der Waals surface area contributed by atoms with Crippen molar-refractivity contribution < 1.29 is 19.7 Å². The fraction of sp³-hybridized carbons (Fsp3) is 0.562. The van der Waals surface area contributed by atoms with Crippen molar-refractivity contribution in [1.82, 2.24) is 4.90 Å². The van der Waals surface area contributed by atoms with Gasteiger partial charge in [0, 0.05) is 26.3 Å². The molecule has 0 saturated carbocycles. The van der Waals surface area contributed by atoms with E-state index in [1.807, 2.05) is 30.3 Å². The van der Waals surface area contributed by atoms with Crippen LogP contribution in [0.25, 0.3) is 0 Å². The minimum Gasteiger partial charge on any atom is -0.445 e. The van der Waals surface area contributed by atoms with E-state index in [0.717, 1.165) is 5.56 Å². The van der Waals surface area contributed by atoms with Gasteiger partial charge in [0.15, 0.2) is 0 Å². The first-order valence-electron chi connectivity index (χ1n) is 7.42. The van der Waals surface area contributed by atoms with Crippen LogP contribution in [0.2, 0.25) is 0 Å². The van der Waals surface area contributed by atoms with E-state index in [0.29, 0.717) is 25.9 Å². The molecule has 1 amide bonds. The third kappa shape index (κ3) is 4.44. The van der Waals surface area contributed by atoms with Crippen LogP contribution in [0.3, 0.4) is 0 Å². The van der Waals surface area contributed by atoms with Gasteiger partial charge in [0.1, 0.15) is 6.61 Å². The number of benzene rings is 1. The van der Waals surface area contributed by atoms with Gasteiger partial charge in [-0.25, -0.2) is 4.79 Å². The predicted octanol–water partition coefficient (Wildman–Crippen LogP) is 1.64. The standard InChI is InChI=1S/C16H23NO4/c18-8-6-14-10-17(11-15(14)7-9-19)16(20)21-12-13-4-2-1-3-5-13/h1-5,14-15,18-19H,6-12H2/t14-,15+. The molecule has 0 spiro atoms. The lowest BCUT2D eigenvalue weighted by Crippen LogP contribution is -2.29. The molecule has 0 unspecified atom stereocenters. The Balaban J connectivity index is 1.85. The highest BCUT2D eigenvalue weighted by Gasteiger charge is 2.35. The average molecular weight is 293 g/mol. The summed E-state index contributed by atoms with van der Waals surface area (Å²) in [6, 6.07) is 9.58. The number of hydrogen-bond acceptors (Lipinski definition) is 4. The first-order chi connectivity index (χ1) is 10.2. The number of likely N-dealkylation sites (tertiary alicyclic amines) is 1. The average Bonchev–Trinajstić information content (AvgIpc) is 2.90. The van der Waals surface area contributed by atoms with Crippen molar-refractivity contribution in [2.24, 2.45) is 11.8 Å². The van der Waals surface area contributed by atoms with Crippen LogP contribution in [0.15, 0.2) is 30.3 Å². The maximum atomic E-state index is 12.1. The van der Waals surface area contributed by atoms with E-state index in [2.05, 4.69) is 0 Å². The van der Waals surface area contributed by atoms with E-state index < -0.39 is 0 Å². The van der Waals surface area contributed by atoms with Gasteiger partial charge in [0.2, 0.25) is 0 Å². The van der Waals surface area contributed by atoms with Gasteiger partial charge >= 0.3 is 6.09 Å². The summed E-state index contributed by atoms with van der Waals surface area (Å²) in [5.41, 5.74) is 0.962. The minimum atomic E-state index is -0.317. The number of hydrogen-bond donors (Lipinski definition) is 2. The molecule has 1 heterocycles. The maximum Gasteiger partial charge on any atom is 0.410 e. The third-order valence-electron chi connectivity index (χ3n) is 4.04. The molecule has 1 saturated heterocycles. The third-order valence-corrected chi connectivity index (χ3v) is 4.04. The Morgan fingerprint density at radius 3 is 2.19 bits per heavy atom. The molecule has 2 N–H and O–H groups in total. The minimum absolute atomic E-state index is 0.111. The Kier molecular flexibility index (Phi) is 6.02. The van der Waals surface area contributed by atoms with Crippen molar-refractivity contribution in [3.63, 3.8) is 0 Å². The number of ether oxygens (including phenoxy) is 1. The topological polar surface area (TPSA) is 70.0 Å². The predicted molar refractivity (Wildman–Crippen MR) is 78.6 cm³/mol. The number of carbonyl (C=O) groups is 1. The molecule has 5 nitrogen and oxygen atoms in total. The van der Waals surface area contributed by atoms with Gasteiger partial charge in [-0.05, 0) is 30.2 Å². The molecular weight excluding hydrogens is 270 g/mol. The van der Waals surface area contributed by atoms with Crippen LogP contribution in [0.4, 0.5) is 4.79 Å². The molecule has 1 aliphatic heterocycles. The quantitative estimate of drug-likeness (QED) is 0.836. The summed E-state index contributed by atoms with van der Waals surface area (Å²) in [6.45, 7) is 1.68. The molecular formula is C16H23NO4. The van der Waals surface area contributed by atoms with Crippen molar-refractivity contribution in [2.45, 2.75) is 19.4 Å². The van der Waals surface area contributed by atoms with Crippen LogP contribution in [0, 0.1) is 11.8 Å². The Labute approximate surface area is 125 Å². The normalized spacial score (nSPS) is 21.5. The van der Waals surface area contributed by atoms with Gasteiger partial charge in [0.05, 0.1) is 0 Å². The van der Waals surface area contributed by atoms with Gasteiger partial charge in [-0.15, -0.1) is 0 Å². The van der Waals surface area contributed by atoms with Crippen LogP contribution in [0.1, 0.15) is 18.4 Å². The molecule has 0 aromatic heterocycles. The number of aliphatic hydroxyl groups excluding tert-OH is 2. The van der Waals surface area contributed by atoms with E-state index in [-0.39, 0.29) is 37.7 Å². The fourth-order valence-corrected chi connectivity index (χ4v) is 2.88. The molecule has 2 rings (SSSR count). The number of nitrogens with zero attached hydrogens (tertiary/aromatic N) is 1. The van der Waals surface area contributed by atoms with Crippen LogP contribution >= 0.6 is 0 Å². The summed E-state index contributed by atoms with van der Waals surface area (Å²) in [5.74, 6) is 0.484. The van der Waals surface area contributed by atoms with Gasteiger partial charge in [-0.1, -0.05) is 30.3 Å². The number of carbonyl (C=O) groups excluding carboxylic acids is 1. The Morgan fingerprint density at radius 1 is 1.10 bits per heavy atom. The SMILES string of the molecule is O=C(OCc1ccccc1)N1C[C@@H](CCO)[C@@H](CCO)C1. The van der Waals surface area contributed by atoms with Gasteiger partial charge in [-0.3, -0.25) is 0 Å². The summed E-state index contributed by atoms with van der Waals surface area (Å²) < 4.78 is 5.33. The molecule has 1 aliphatic rings. The van der Waals surface area contributed by atoms with Crippen molar-refractivity contribution in [3.8, 4) is 0 Å². The summed E-state index contributed by atoms with van der Waals surface area (Å²) in [6.07, 6.45) is 1.00. The second kappa shape index (κ2) is 8.00. The lowest BCUT2D eigenvalue weighted by atomic mass is 9.91. The van der Waals surface area contributed by atoms with E-state index in [9.17, 15) is 4.79 Å². The molecule has 1 aromatic carbocycles. The van der Waals surface area contributed by atoms with Crippen LogP contribution in [-0.4, -0.2) is 47.5 Å². The first kappa shape index (κ1) is 15.8. The van der Waals surface area contributed by atoms with E-state index in [1.165, 1.54) is 0 Å². The summed E-state index contributed by atoms with van der Waals surface area (Å²) >= 11 is 0. The van der Waals surface area contributed by atoms with Crippen LogP contribution in [-0.2, 0) is 11.3 Å². The molecule has 1 aromatic rings.